The van der Waals surface area contributed by atoms with Crippen LogP contribution in [0.15, 0.2) is 59.6 Å². The zero-order chi connectivity index (χ0) is 36.0. The molecule has 2 aromatic carbocycles. The molecule has 15 nitrogen and oxygen atoms in total. The number of imidazole rings is 1. The van der Waals surface area contributed by atoms with Gasteiger partial charge in [-0.3, -0.25) is 34.2 Å². The van der Waals surface area contributed by atoms with E-state index in [2.05, 4.69) is 37.7 Å². The molecular formula is C35H41N9O6. The van der Waals surface area contributed by atoms with Gasteiger partial charge in [-0.15, -0.1) is 0 Å². The number of amides is 2. The molecule has 0 aliphatic heterocycles. The molecule has 2 heterocycles. The molecule has 0 aliphatic carbocycles. The van der Waals surface area contributed by atoms with Crippen LogP contribution >= 0.6 is 0 Å². The number of aromatic nitrogens is 4. The SMILES string of the molecule is C=Nc1cc(C=O)cc(OC/C=C/CNC=O)c1N(C/C=C/Cn1c(NC(=O)c2cc(C)nn2CC)nc2cc(C=O)cc(OC)c21)CNC. The molecule has 0 radical (unpaired) electrons. The summed E-state index contributed by atoms with van der Waals surface area (Å²) < 4.78 is 15.1. The van der Waals surface area contributed by atoms with E-state index in [1.165, 1.54) is 7.11 Å². The van der Waals surface area contributed by atoms with Crippen molar-refractivity contribution < 1.29 is 28.7 Å². The van der Waals surface area contributed by atoms with Gasteiger partial charge in [0.05, 0.1) is 30.7 Å². The number of anilines is 2. The number of carbonyl (C=O) groups is 4. The maximum absolute atomic E-state index is 13.4. The number of nitrogens with one attached hydrogen (secondary N) is 3. The van der Waals surface area contributed by atoms with Crippen LogP contribution in [0.4, 0.5) is 17.3 Å². The summed E-state index contributed by atoms with van der Waals surface area (Å²) in [6, 6.07) is 8.24. The lowest BCUT2D eigenvalue weighted by atomic mass is 10.1. The first-order valence-electron chi connectivity index (χ1n) is 15.8. The first-order valence-corrected chi connectivity index (χ1v) is 15.8. The Bertz CT molecular complexity index is 1910. The average molecular weight is 684 g/mol. The van der Waals surface area contributed by atoms with Crippen molar-refractivity contribution in [3.8, 4) is 11.5 Å². The van der Waals surface area contributed by atoms with E-state index in [1.54, 1.807) is 58.8 Å². The van der Waals surface area contributed by atoms with E-state index in [1.807, 2.05) is 30.9 Å². The first-order chi connectivity index (χ1) is 24.3. The van der Waals surface area contributed by atoms with Crippen molar-refractivity contribution in [3.63, 3.8) is 0 Å². The van der Waals surface area contributed by atoms with Crippen LogP contribution in [0.1, 0.15) is 43.8 Å². The summed E-state index contributed by atoms with van der Waals surface area (Å²) in [6.45, 7) is 9.54. The molecule has 2 amide bonds. The number of nitrogens with zero attached hydrogens (tertiary/aromatic N) is 6. The molecule has 0 bridgehead atoms. The van der Waals surface area contributed by atoms with Crippen molar-refractivity contribution in [2.75, 3.05) is 50.7 Å². The number of methoxy groups -OCH3 is 1. The third kappa shape index (κ3) is 8.68. The van der Waals surface area contributed by atoms with E-state index >= 15 is 0 Å². The van der Waals surface area contributed by atoms with Crippen LogP contribution in [0, 0.1) is 6.92 Å². The molecule has 0 saturated heterocycles. The fraction of sp³-hybridized carbons (Fsp3) is 0.286. The lowest BCUT2D eigenvalue weighted by molar-refractivity contribution is -0.109. The van der Waals surface area contributed by atoms with Crippen molar-refractivity contribution >= 4 is 60.0 Å². The standard InChI is InChI=1S/C35H41N9O6/c1-6-44-29(15-24(2)41-44)34(48)40-35-39-28-17-26(21-46)18-30(49-5)33(28)43(35)13-9-8-12-42(22-36-3)32-27(37-4)16-25(20-45)19-31(32)50-14-10-7-11-38-23-47/h7-10,15-21,23,36H,4,6,11-14,22H2,1-3,5H3,(H,38,47)(H,39,40,48)/b9-8+,10-7+. The van der Waals surface area contributed by atoms with Gasteiger partial charge in [-0.2, -0.15) is 5.10 Å². The molecular weight excluding hydrogens is 642 g/mol. The van der Waals surface area contributed by atoms with Crippen LogP contribution in [0.2, 0.25) is 0 Å². The molecule has 0 unspecified atom stereocenters. The predicted octanol–water partition coefficient (Wildman–Crippen LogP) is 3.70. The summed E-state index contributed by atoms with van der Waals surface area (Å²) in [7, 11) is 3.31. The highest BCUT2D eigenvalue weighted by atomic mass is 16.5. The van der Waals surface area contributed by atoms with Gasteiger partial charge in [0.2, 0.25) is 12.4 Å². The Hall–Kier alpha value is -6.09. The Morgan fingerprint density at radius 1 is 1.04 bits per heavy atom. The Balaban J connectivity index is 1.67. The van der Waals surface area contributed by atoms with Gasteiger partial charge >= 0.3 is 0 Å². The summed E-state index contributed by atoms with van der Waals surface area (Å²) in [5, 5.41) is 13.0. The van der Waals surface area contributed by atoms with E-state index in [4.69, 9.17) is 9.47 Å². The summed E-state index contributed by atoms with van der Waals surface area (Å²) in [5.41, 5.74) is 4.02. The number of aldehydes is 2. The largest absolute Gasteiger partial charge is 0.494 e. The quantitative estimate of drug-likeness (QED) is 0.0410. The van der Waals surface area contributed by atoms with E-state index < -0.39 is 0 Å². The number of allylic oxidation sites excluding steroid dienone is 1. The molecule has 3 N–H and O–H groups in total. The second-order valence-electron chi connectivity index (χ2n) is 10.9. The number of fused-ring (bicyclic) bond motifs is 1. The highest BCUT2D eigenvalue weighted by molar-refractivity contribution is 6.03. The molecule has 0 spiro atoms. The van der Waals surface area contributed by atoms with E-state index in [0.29, 0.717) is 102 Å². The molecule has 2 aromatic heterocycles. The van der Waals surface area contributed by atoms with Crippen LogP contribution in [0.25, 0.3) is 11.0 Å². The predicted molar refractivity (Wildman–Crippen MR) is 192 cm³/mol. The lowest BCUT2D eigenvalue weighted by Gasteiger charge is -2.27. The van der Waals surface area contributed by atoms with Gasteiger partial charge in [-0.1, -0.05) is 18.2 Å². The number of hydrogen-bond donors (Lipinski definition) is 3. The molecule has 0 fully saturated rings. The zero-order valence-electron chi connectivity index (χ0n) is 28.5. The van der Waals surface area contributed by atoms with Crippen LogP contribution in [0.5, 0.6) is 11.5 Å². The summed E-state index contributed by atoms with van der Waals surface area (Å²) in [5.74, 6) is 0.733. The third-order valence-electron chi connectivity index (χ3n) is 7.49. The Morgan fingerprint density at radius 3 is 2.48 bits per heavy atom. The van der Waals surface area contributed by atoms with Crippen LogP contribution in [0.3, 0.4) is 0 Å². The second kappa shape index (κ2) is 17.9. The molecule has 50 heavy (non-hydrogen) atoms. The van der Waals surface area contributed by atoms with Crippen molar-refractivity contribution in [2.24, 2.45) is 4.99 Å². The zero-order valence-corrected chi connectivity index (χ0v) is 28.5. The van der Waals surface area contributed by atoms with Crippen LogP contribution in [-0.2, 0) is 17.9 Å². The van der Waals surface area contributed by atoms with Crippen LogP contribution in [-0.4, -0.2) is 91.5 Å². The number of benzene rings is 2. The number of rotatable bonds is 20. The molecule has 4 rings (SSSR count). The van der Waals surface area contributed by atoms with E-state index in [-0.39, 0.29) is 25.0 Å². The van der Waals surface area contributed by atoms with Gasteiger partial charge in [-0.25, -0.2) is 4.98 Å². The number of aryl methyl sites for hydroxylation is 2. The Morgan fingerprint density at radius 2 is 1.80 bits per heavy atom. The van der Waals surface area contributed by atoms with Crippen molar-refractivity contribution in [3.05, 3.63) is 77.2 Å². The van der Waals surface area contributed by atoms with Gasteiger partial charge in [0, 0.05) is 37.3 Å². The van der Waals surface area contributed by atoms with Crippen molar-refractivity contribution in [1.29, 1.82) is 0 Å². The minimum absolute atomic E-state index is 0.185. The van der Waals surface area contributed by atoms with Gasteiger partial charge in [0.1, 0.15) is 47.6 Å². The smallest absolute Gasteiger partial charge is 0.276 e. The number of hydrogen-bond acceptors (Lipinski definition) is 11. The second-order valence-corrected chi connectivity index (χ2v) is 10.9. The number of ether oxygens (including phenoxy) is 2. The maximum Gasteiger partial charge on any atom is 0.276 e. The molecule has 0 saturated carbocycles. The molecule has 0 aliphatic rings. The number of carbonyl (C=O) groups excluding carboxylic acids is 4. The monoisotopic (exact) mass is 683 g/mol. The average Bonchev–Trinajstić information content (AvgIpc) is 3.69. The van der Waals surface area contributed by atoms with Crippen LogP contribution < -0.4 is 30.3 Å². The molecule has 262 valence electrons. The fourth-order valence-corrected chi connectivity index (χ4v) is 5.33. The highest BCUT2D eigenvalue weighted by Crippen LogP contribution is 2.39. The minimum Gasteiger partial charge on any atom is -0.494 e. The summed E-state index contributed by atoms with van der Waals surface area (Å²) in [6.07, 6.45) is 9.40. The van der Waals surface area contributed by atoms with Crippen molar-refractivity contribution in [1.82, 2.24) is 30.0 Å². The molecule has 4 aromatic rings. The van der Waals surface area contributed by atoms with E-state index in [0.717, 1.165) is 0 Å². The van der Waals surface area contributed by atoms with Gasteiger partial charge in [-0.05, 0) is 64.0 Å². The summed E-state index contributed by atoms with van der Waals surface area (Å²) in [4.78, 5) is 58.1. The van der Waals surface area contributed by atoms with Gasteiger partial charge < -0.3 is 29.6 Å². The lowest BCUT2D eigenvalue weighted by Crippen LogP contribution is -2.33. The molecule has 0 atom stereocenters. The third-order valence-corrected chi connectivity index (χ3v) is 7.49. The number of aliphatic imine (C=N–C) groups is 1. The normalized spacial score (nSPS) is 11.2. The fourth-order valence-electron chi connectivity index (χ4n) is 5.33. The van der Waals surface area contributed by atoms with Gasteiger partial charge in [0.15, 0.2) is 0 Å². The molecule has 15 heteroatoms. The Kier molecular flexibility index (Phi) is 13.1. The van der Waals surface area contributed by atoms with E-state index in [9.17, 15) is 19.2 Å². The maximum atomic E-state index is 13.4. The highest BCUT2D eigenvalue weighted by Gasteiger charge is 2.21. The van der Waals surface area contributed by atoms with Crippen molar-refractivity contribution in [2.45, 2.75) is 26.9 Å². The topological polar surface area (TPSA) is 174 Å². The Labute approximate surface area is 289 Å². The minimum atomic E-state index is -0.381. The summed E-state index contributed by atoms with van der Waals surface area (Å²) >= 11 is 0. The van der Waals surface area contributed by atoms with Gasteiger partial charge in [0.25, 0.3) is 5.91 Å². The first kappa shape index (κ1) is 36.7.